The minimum atomic E-state index is -2.15. The Balaban J connectivity index is 1.61. The van der Waals surface area contributed by atoms with Crippen molar-refractivity contribution in [3.63, 3.8) is 0 Å². The third-order valence-electron chi connectivity index (χ3n) is 5.70. The SMILES string of the molecule is C[Si](OCC12CC(CCN1)C2)(c1ccccc1)c1ccccc1. The molecule has 2 nitrogen and oxygen atoms in total. The maximum Gasteiger partial charge on any atom is 0.252 e. The van der Waals surface area contributed by atoms with Gasteiger partial charge in [-0.3, -0.25) is 0 Å². The zero-order chi connectivity index (χ0) is 15.8. The van der Waals surface area contributed by atoms with Crippen molar-refractivity contribution in [2.45, 2.75) is 31.3 Å². The highest BCUT2D eigenvalue weighted by atomic mass is 28.4. The lowest BCUT2D eigenvalue weighted by Crippen LogP contribution is -2.67. The van der Waals surface area contributed by atoms with Crippen molar-refractivity contribution in [1.82, 2.24) is 5.32 Å². The Labute approximate surface area is 140 Å². The van der Waals surface area contributed by atoms with E-state index in [1.165, 1.54) is 29.6 Å². The van der Waals surface area contributed by atoms with Gasteiger partial charge in [0.15, 0.2) is 0 Å². The van der Waals surface area contributed by atoms with E-state index in [4.69, 9.17) is 4.43 Å². The zero-order valence-electron chi connectivity index (χ0n) is 13.8. The van der Waals surface area contributed by atoms with E-state index < -0.39 is 8.32 Å². The normalized spacial score (nSPS) is 26.6. The molecule has 0 atom stereocenters. The van der Waals surface area contributed by atoms with Crippen LogP contribution in [-0.4, -0.2) is 27.0 Å². The van der Waals surface area contributed by atoms with Crippen molar-refractivity contribution in [1.29, 1.82) is 0 Å². The van der Waals surface area contributed by atoms with Gasteiger partial charge >= 0.3 is 0 Å². The quantitative estimate of drug-likeness (QED) is 0.854. The van der Waals surface area contributed by atoms with Gasteiger partial charge < -0.3 is 9.74 Å². The Kier molecular flexibility index (Phi) is 3.88. The molecule has 0 unspecified atom stereocenters. The Morgan fingerprint density at radius 2 is 1.57 bits per heavy atom. The standard InChI is InChI=1S/C20H25NOSi/c1-23(18-8-4-2-5-9-18,19-10-6-3-7-11-19)22-16-20-14-17(15-20)12-13-21-20/h2-11,17,21H,12-16H2,1H3. The molecule has 1 saturated carbocycles. The molecule has 2 aromatic rings. The van der Waals surface area contributed by atoms with Crippen molar-refractivity contribution < 1.29 is 4.43 Å². The number of hydrogen-bond donors (Lipinski definition) is 1. The number of piperidine rings is 2. The van der Waals surface area contributed by atoms with Gasteiger partial charge in [-0.05, 0) is 48.6 Å². The number of benzene rings is 2. The first-order valence-corrected chi connectivity index (χ1v) is 11.1. The van der Waals surface area contributed by atoms with E-state index in [0.29, 0.717) is 0 Å². The summed E-state index contributed by atoms with van der Waals surface area (Å²) in [5.74, 6) is 0.932. The fraction of sp³-hybridized carbons (Fsp3) is 0.400. The summed E-state index contributed by atoms with van der Waals surface area (Å²) in [6.45, 7) is 4.34. The Hall–Kier alpha value is -1.42. The van der Waals surface area contributed by atoms with Crippen molar-refractivity contribution in [3.05, 3.63) is 60.7 Å². The molecule has 2 heterocycles. The minimum absolute atomic E-state index is 0.251. The molecule has 3 fully saturated rings. The van der Waals surface area contributed by atoms with E-state index in [-0.39, 0.29) is 5.54 Å². The van der Waals surface area contributed by atoms with Crippen LogP contribution in [0.5, 0.6) is 0 Å². The number of nitrogens with one attached hydrogen (secondary N) is 1. The fourth-order valence-corrected chi connectivity index (χ4v) is 7.12. The molecule has 5 rings (SSSR count). The van der Waals surface area contributed by atoms with E-state index in [2.05, 4.69) is 72.5 Å². The van der Waals surface area contributed by atoms with Crippen LogP contribution in [0.15, 0.2) is 60.7 Å². The maximum atomic E-state index is 6.76. The molecule has 1 N–H and O–H groups in total. The summed E-state index contributed by atoms with van der Waals surface area (Å²) in [5.41, 5.74) is 0.251. The molecule has 0 spiro atoms. The number of rotatable bonds is 5. The minimum Gasteiger partial charge on any atom is -0.406 e. The van der Waals surface area contributed by atoms with Crippen LogP contribution in [0.25, 0.3) is 0 Å². The van der Waals surface area contributed by atoms with Crippen molar-refractivity contribution in [2.75, 3.05) is 13.2 Å². The summed E-state index contributed by atoms with van der Waals surface area (Å²) in [7, 11) is -2.15. The molecular formula is C20H25NOSi. The van der Waals surface area contributed by atoms with E-state index in [1.807, 2.05) is 0 Å². The van der Waals surface area contributed by atoms with Crippen molar-refractivity contribution in [3.8, 4) is 0 Å². The van der Waals surface area contributed by atoms with E-state index in [0.717, 1.165) is 19.1 Å². The highest BCUT2D eigenvalue weighted by Crippen LogP contribution is 2.43. The van der Waals surface area contributed by atoms with Crippen LogP contribution >= 0.6 is 0 Å². The van der Waals surface area contributed by atoms with Gasteiger partial charge in [-0.1, -0.05) is 60.7 Å². The summed E-state index contributed by atoms with van der Waals surface area (Å²) >= 11 is 0. The van der Waals surface area contributed by atoms with Crippen LogP contribution in [0.2, 0.25) is 6.55 Å². The molecule has 3 aliphatic rings. The lowest BCUT2D eigenvalue weighted by Gasteiger charge is -2.54. The predicted octanol–water partition coefficient (Wildman–Crippen LogP) is 2.53. The zero-order valence-corrected chi connectivity index (χ0v) is 14.8. The maximum absolute atomic E-state index is 6.76. The lowest BCUT2D eigenvalue weighted by molar-refractivity contribution is 0.0110. The van der Waals surface area contributed by atoms with E-state index in [9.17, 15) is 0 Å². The smallest absolute Gasteiger partial charge is 0.252 e. The van der Waals surface area contributed by atoms with Gasteiger partial charge in [0.25, 0.3) is 8.32 Å². The fourth-order valence-electron chi connectivity index (χ4n) is 4.23. The molecule has 0 aromatic heterocycles. The van der Waals surface area contributed by atoms with Crippen LogP contribution in [0.4, 0.5) is 0 Å². The molecule has 23 heavy (non-hydrogen) atoms. The first-order valence-electron chi connectivity index (χ1n) is 8.70. The summed E-state index contributed by atoms with van der Waals surface area (Å²) in [6.07, 6.45) is 3.93. The van der Waals surface area contributed by atoms with Gasteiger partial charge in [0.05, 0.1) is 6.61 Å². The van der Waals surface area contributed by atoms with Gasteiger partial charge in [-0.25, -0.2) is 0 Å². The van der Waals surface area contributed by atoms with Crippen molar-refractivity contribution in [2.24, 2.45) is 5.92 Å². The Morgan fingerprint density at radius 3 is 2.04 bits per heavy atom. The molecule has 1 aliphatic carbocycles. The molecule has 2 aromatic carbocycles. The molecule has 2 saturated heterocycles. The predicted molar refractivity (Wildman–Crippen MR) is 97.8 cm³/mol. The average molecular weight is 324 g/mol. The molecule has 3 heteroatoms. The molecular weight excluding hydrogens is 298 g/mol. The van der Waals surface area contributed by atoms with Gasteiger partial charge in [0, 0.05) is 5.54 Å². The second-order valence-electron chi connectivity index (χ2n) is 7.32. The summed E-state index contributed by atoms with van der Waals surface area (Å²) in [6, 6.07) is 21.6. The highest BCUT2D eigenvalue weighted by molar-refractivity contribution is 6.96. The summed E-state index contributed by atoms with van der Waals surface area (Å²) in [5, 5.41) is 6.45. The van der Waals surface area contributed by atoms with Crippen LogP contribution < -0.4 is 15.7 Å². The molecule has 0 radical (unpaired) electrons. The third-order valence-corrected chi connectivity index (χ3v) is 9.29. The van der Waals surface area contributed by atoms with Crippen LogP contribution in [0, 0.1) is 5.92 Å². The van der Waals surface area contributed by atoms with Gasteiger partial charge in [0.2, 0.25) is 0 Å². The van der Waals surface area contributed by atoms with Crippen molar-refractivity contribution >= 4 is 18.7 Å². The molecule has 2 aliphatic heterocycles. The third kappa shape index (κ3) is 2.78. The van der Waals surface area contributed by atoms with Crippen LogP contribution in [0.3, 0.4) is 0 Å². The molecule has 2 bridgehead atoms. The van der Waals surface area contributed by atoms with E-state index in [1.54, 1.807) is 0 Å². The van der Waals surface area contributed by atoms with Gasteiger partial charge in [0.1, 0.15) is 0 Å². The molecule has 120 valence electrons. The number of hydrogen-bond acceptors (Lipinski definition) is 2. The Bertz CT molecular complexity index is 607. The second-order valence-corrected chi connectivity index (χ2v) is 10.8. The van der Waals surface area contributed by atoms with Gasteiger partial charge in [-0.15, -0.1) is 0 Å². The lowest BCUT2D eigenvalue weighted by atomic mass is 9.64. The topological polar surface area (TPSA) is 21.3 Å². The van der Waals surface area contributed by atoms with E-state index >= 15 is 0 Å². The molecule has 0 amide bonds. The average Bonchev–Trinajstić information content (AvgIpc) is 2.61. The van der Waals surface area contributed by atoms with Crippen LogP contribution in [-0.2, 0) is 4.43 Å². The second kappa shape index (κ2) is 5.89. The first-order chi connectivity index (χ1) is 11.2. The highest BCUT2D eigenvalue weighted by Gasteiger charge is 2.48. The Morgan fingerprint density at radius 1 is 1.00 bits per heavy atom. The number of fused-ring (bicyclic) bond motifs is 2. The summed E-state index contributed by atoms with van der Waals surface area (Å²) < 4.78 is 6.76. The summed E-state index contributed by atoms with van der Waals surface area (Å²) in [4.78, 5) is 0. The largest absolute Gasteiger partial charge is 0.406 e. The first kappa shape index (κ1) is 15.1. The van der Waals surface area contributed by atoms with Gasteiger partial charge in [-0.2, -0.15) is 0 Å². The van der Waals surface area contributed by atoms with Crippen LogP contribution in [0.1, 0.15) is 19.3 Å². The monoisotopic (exact) mass is 323 g/mol.